The Hall–Kier alpha value is -2.36. The number of benzene rings is 1. The molecule has 0 aliphatic rings. The van der Waals surface area contributed by atoms with Crippen LogP contribution in [0.15, 0.2) is 47.6 Å². The van der Waals surface area contributed by atoms with Gasteiger partial charge in [0.05, 0.1) is 24.3 Å². The van der Waals surface area contributed by atoms with Gasteiger partial charge in [0.2, 0.25) is 0 Å². The molecule has 0 atom stereocenters. The molecule has 4 heteroatoms. The first-order chi connectivity index (χ1) is 19.4. The zero-order valence-corrected chi connectivity index (χ0v) is 26.2. The van der Waals surface area contributed by atoms with Crippen LogP contribution in [-0.2, 0) is 9.47 Å². The lowest BCUT2D eigenvalue weighted by Gasteiger charge is -2.08. The van der Waals surface area contributed by atoms with Gasteiger partial charge in [0.25, 0.3) is 0 Å². The molecule has 40 heavy (non-hydrogen) atoms. The number of carbonyl (C=O) groups is 2. The van der Waals surface area contributed by atoms with E-state index >= 15 is 0 Å². The van der Waals surface area contributed by atoms with Gasteiger partial charge in [0, 0.05) is 0 Å². The van der Waals surface area contributed by atoms with Crippen molar-refractivity contribution < 1.29 is 19.1 Å². The highest BCUT2D eigenvalue weighted by Crippen LogP contribution is 2.14. The second-order valence-corrected chi connectivity index (χ2v) is 11.6. The highest BCUT2D eigenvalue weighted by Gasteiger charge is 2.12. The topological polar surface area (TPSA) is 52.6 Å². The minimum absolute atomic E-state index is 0.372. The smallest absolute Gasteiger partial charge is 0.338 e. The van der Waals surface area contributed by atoms with Gasteiger partial charge in [-0.25, -0.2) is 9.59 Å². The van der Waals surface area contributed by atoms with Gasteiger partial charge in [-0.3, -0.25) is 0 Å². The van der Waals surface area contributed by atoms with Gasteiger partial charge in [-0.15, -0.1) is 0 Å². The Morgan fingerprint density at radius 2 is 0.850 bits per heavy atom. The zero-order chi connectivity index (χ0) is 29.3. The van der Waals surface area contributed by atoms with Gasteiger partial charge < -0.3 is 9.47 Å². The SMILES string of the molecule is CC(C)=CCCCCCCCCCCOC(=O)c1cccc(C(=O)OCCCCCCCCCCC=C(C)C)c1. The summed E-state index contributed by atoms with van der Waals surface area (Å²) in [5, 5.41) is 0. The number of allylic oxidation sites excluding steroid dienone is 4. The van der Waals surface area contributed by atoms with Crippen molar-refractivity contribution in [2.24, 2.45) is 0 Å². The molecule has 0 fully saturated rings. The number of ether oxygens (including phenoxy) is 2. The summed E-state index contributed by atoms with van der Waals surface area (Å²) in [7, 11) is 0. The minimum Gasteiger partial charge on any atom is -0.462 e. The fourth-order valence-electron chi connectivity index (χ4n) is 4.67. The van der Waals surface area contributed by atoms with Crippen LogP contribution in [-0.4, -0.2) is 25.2 Å². The van der Waals surface area contributed by atoms with Crippen molar-refractivity contribution in [3.8, 4) is 0 Å². The summed E-state index contributed by atoms with van der Waals surface area (Å²) in [6.07, 6.45) is 26.2. The van der Waals surface area contributed by atoms with Crippen LogP contribution < -0.4 is 0 Å². The van der Waals surface area contributed by atoms with E-state index in [0.29, 0.717) is 24.3 Å². The van der Waals surface area contributed by atoms with Crippen LogP contribution in [0.2, 0.25) is 0 Å². The van der Waals surface area contributed by atoms with E-state index in [4.69, 9.17) is 9.47 Å². The minimum atomic E-state index is -0.372. The van der Waals surface area contributed by atoms with Gasteiger partial charge in [-0.05, 0) is 84.4 Å². The number of esters is 2. The summed E-state index contributed by atoms with van der Waals surface area (Å²) in [6, 6.07) is 6.68. The van der Waals surface area contributed by atoms with E-state index in [0.717, 1.165) is 25.7 Å². The Bertz CT molecular complexity index is 792. The third-order valence-corrected chi connectivity index (χ3v) is 7.10. The Morgan fingerprint density at radius 1 is 0.525 bits per heavy atom. The van der Waals surface area contributed by atoms with E-state index in [1.807, 2.05) is 0 Å². The van der Waals surface area contributed by atoms with Gasteiger partial charge in [0.15, 0.2) is 0 Å². The number of carbonyl (C=O) groups excluding carboxylic acids is 2. The summed E-state index contributed by atoms with van der Waals surface area (Å²) < 4.78 is 10.9. The molecule has 1 aromatic rings. The Kier molecular flexibility index (Phi) is 21.8. The van der Waals surface area contributed by atoms with E-state index < -0.39 is 0 Å². The highest BCUT2D eigenvalue weighted by atomic mass is 16.5. The van der Waals surface area contributed by atoms with E-state index in [1.165, 1.54) is 101 Å². The van der Waals surface area contributed by atoms with Crippen LogP contribution >= 0.6 is 0 Å². The number of unbranched alkanes of at least 4 members (excludes halogenated alkanes) is 16. The second-order valence-electron chi connectivity index (χ2n) is 11.6. The van der Waals surface area contributed by atoms with E-state index in [1.54, 1.807) is 24.3 Å². The average molecular weight is 555 g/mol. The lowest BCUT2D eigenvalue weighted by atomic mass is 10.1. The van der Waals surface area contributed by atoms with Gasteiger partial charge in [-0.1, -0.05) is 106 Å². The van der Waals surface area contributed by atoms with Crippen molar-refractivity contribution in [3.05, 3.63) is 58.7 Å². The van der Waals surface area contributed by atoms with E-state index in [-0.39, 0.29) is 11.9 Å². The molecule has 0 saturated carbocycles. The first kappa shape index (κ1) is 35.7. The average Bonchev–Trinajstić information content (AvgIpc) is 2.93. The largest absolute Gasteiger partial charge is 0.462 e. The maximum atomic E-state index is 12.4. The summed E-state index contributed by atoms with van der Waals surface area (Å²) in [5.41, 5.74) is 3.64. The number of hydrogen-bond donors (Lipinski definition) is 0. The van der Waals surface area contributed by atoms with Crippen LogP contribution in [0.1, 0.15) is 164 Å². The lowest BCUT2D eigenvalue weighted by Crippen LogP contribution is -2.10. The van der Waals surface area contributed by atoms with Crippen molar-refractivity contribution in [1.29, 1.82) is 0 Å². The van der Waals surface area contributed by atoms with Crippen molar-refractivity contribution >= 4 is 11.9 Å². The second kappa shape index (κ2) is 24.4. The molecule has 0 heterocycles. The highest BCUT2D eigenvalue weighted by molar-refractivity contribution is 5.95. The Balaban J connectivity index is 2.07. The maximum absolute atomic E-state index is 12.4. The van der Waals surface area contributed by atoms with Crippen molar-refractivity contribution in [2.75, 3.05) is 13.2 Å². The molecule has 226 valence electrons. The molecule has 0 bridgehead atoms. The zero-order valence-electron chi connectivity index (χ0n) is 26.2. The van der Waals surface area contributed by atoms with Crippen LogP contribution in [0.3, 0.4) is 0 Å². The molecular weight excluding hydrogens is 496 g/mol. The lowest BCUT2D eigenvalue weighted by molar-refractivity contribution is 0.0496. The molecule has 4 nitrogen and oxygen atoms in total. The normalized spacial score (nSPS) is 10.7. The number of rotatable bonds is 24. The summed E-state index contributed by atoms with van der Waals surface area (Å²) in [6.45, 7) is 9.48. The molecule has 0 aromatic heterocycles. The van der Waals surface area contributed by atoms with Crippen LogP contribution in [0.25, 0.3) is 0 Å². The Morgan fingerprint density at radius 3 is 1.20 bits per heavy atom. The molecule has 0 N–H and O–H groups in total. The summed E-state index contributed by atoms with van der Waals surface area (Å²) >= 11 is 0. The third kappa shape index (κ3) is 20.5. The third-order valence-electron chi connectivity index (χ3n) is 7.10. The number of hydrogen-bond acceptors (Lipinski definition) is 4. The van der Waals surface area contributed by atoms with Crippen LogP contribution in [0.4, 0.5) is 0 Å². The molecule has 1 rings (SSSR count). The molecule has 0 radical (unpaired) electrons. The molecule has 0 spiro atoms. The predicted octanol–water partition coefficient (Wildman–Crippen LogP) is 11.0. The molecule has 0 aliphatic heterocycles. The molecule has 0 saturated heterocycles. The standard InChI is InChI=1S/C36H58O4/c1-31(2)24-19-15-11-7-5-9-13-17-21-28-39-35(37)33-26-23-27-34(30-33)36(38)40-29-22-18-14-10-6-8-12-16-20-25-32(3)4/h23-27,30H,5-22,28-29H2,1-4H3. The predicted molar refractivity (Wildman–Crippen MR) is 169 cm³/mol. The van der Waals surface area contributed by atoms with Gasteiger partial charge >= 0.3 is 11.9 Å². The Labute approximate surface area is 246 Å². The van der Waals surface area contributed by atoms with Crippen LogP contribution in [0, 0.1) is 0 Å². The molecule has 0 amide bonds. The molecular formula is C36H58O4. The first-order valence-corrected chi connectivity index (χ1v) is 16.1. The summed E-state index contributed by atoms with van der Waals surface area (Å²) in [5.74, 6) is -0.745. The van der Waals surface area contributed by atoms with E-state index in [2.05, 4.69) is 39.8 Å². The molecule has 0 unspecified atom stereocenters. The molecule has 0 aliphatic carbocycles. The quantitative estimate of drug-likeness (QED) is 0.0724. The van der Waals surface area contributed by atoms with Gasteiger partial charge in [0.1, 0.15) is 0 Å². The fraction of sp³-hybridized carbons (Fsp3) is 0.667. The van der Waals surface area contributed by atoms with Crippen molar-refractivity contribution in [2.45, 2.75) is 143 Å². The van der Waals surface area contributed by atoms with Crippen molar-refractivity contribution in [3.63, 3.8) is 0 Å². The fourth-order valence-corrected chi connectivity index (χ4v) is 4.67. The van der Waals surface area contributed by atoms with E-state index in [9.17, 15) is 9.59 Å². The molecule has 1 aromatic carbocycles. The monoisotopic (exact) mass is 554 g/mol. The van der Waals surface area contributed by atoms with Crippen LogP contribution in [0.5, 0.6) is 0 Å². The first-order valence-electron chi connectivity index (χ1n) is 16.1. The van der Waals surface area contributed by atoms with Crippen molar-refractivity contribution in [1.82, 2.24) is 0 Å². The maximum Gasteiger partial charge on any atom is 0.338 e. The summed E-state index contributed by atoms with van der Waals surface area (Å²) in [4.78, 5) is 24.9. The van der Waals surface area contributed by atoms with Gasteiger partial charge in [-0.2, -0.15) is 0 Å².